The summed E-state index contributed by atoms with van der Waals surface area (Å²) in [6.45, 7) is 4.12. The highest BCUT2D eigenvalue weighted by atomic mass is 16.7. The zero-order valence-electron chi connectivity index (χ0n) is 11.3. The van der Waals surface area contributed by atoms with Crippen LogP contribution in [0.1, 0.15) is 19.4 Å². The van der Waals surface area contributed by atoms with Gasteiger partial charge in [-0.2, -0.15) is 0 Å². The smallest absolute Gasteiger partial charge is 0.338 e. The average Bonchev–Trinajstić information content (AvgIpc) is 2.98. The van der Waals surface area contributed by atoms with E-state index in [1.807, 2.05) is 32.3 Å². The van der Waals surface area contributed by atoms with Crippen molar-refractivity contribution in [3.05, 3.63) is 36.0 Å². The largest absolute Gasteiger partial charge is 0.464 e. The molecule has 1 aromatic heterocycles. The van der Waals surface area contributed by atoms with Crippen molar-refractivity contribution in [3.63, 3.8) is 0 Å². The number of carbonyl (C=O) groups excluding carboxylic acids is 1. The van der Waals surface area contributed by atoms with Crippen molar-refractivity contribution in [1.29, 1.82) is 0 Å². The van der Waals surface area contributed by atoms with Gasteiger partial charge in [-0.1, -0.05) is 18.2 Å². The molecule has 0 bridgehead atoms. The van der Waals surface area contributed by atoms with E-state index in [2.05, 4.69) is 16.7 Å². The van der Waals surface area contributed by atoms with E-state index in [-0.39, 0.29) is 5.97 Å². The summed E-state index contributed by atoms with van der Waals surface area (Å²) in [5.74, 6) is -0.280. The third-order valence-corrected chi connectivity index (χ3v) is 3.74. The molecule has 1 aromatic carbocycles. The quantitative estimate of drug-likeness (QED) is 0.628. The summed E-state index contributed by atoms with van der Waals surface area (Å²) in [5.41, 5.74) is 1.62. The number of aryl methyl sites for hydroxylation is 1. The van der Waals surface area contributed by atoms with Gasteiger partial charge < -0.3 is 14.0 Å². The first-order chi connectivity index (χ1) is 9.08. The van der Waals surface area contributed by atoms with Crippen molar-refractivity contribution >= 4 is 16.9 Å². The van der Waals surface area contributed by atoms with Crippen molar-refractivity contribution in [2.24, 2.45) is 7.05 Å². The number of epoxide rings is 1. The van der Waals surface area contributed by atoms with E-state index in [1.165, 1.54) is 0 Å². The summed E-state index contributed by atoms with van der Waals surface area (Å²) < 4.78 is 12.7. The van der Waals surface area contributed by atoms with Crippen LogP contribution >= 0.6 is 0 Å². The van der Waals surface area contributed by atoms with E-state index in [4.69, 9.17) is 9.47 Å². The predicted molar refractivity (Wildman–Crippen MR) is 71.8 cm³/mol. The van der Waals surface area contributed by atoms with Crippen LogP contribution in [0.4, 0.5) is 0 Å². The van der Waals surface area contributed by atoms with Crippen LogP contribution in [0, 0.1) is 0 Å². The molecule has 2 unspecified atom stereocenters. The molecule has 2 heterocycles. The van der Waals surface area contributed by atoms with Crippen LogP contribution in [0.15, 0.2) is 30.5 Å². The van der Waals surface area contributed by atoms with Crippen molar-refractivity contribution in [2.75, 3.05) is 6.61 Å². The van der Waals surface area contributed by atoms with Gasteiger partial charge in [0, 0.05) is 29.7 Å². The summed E-state index contributed by atoms with van der Waals surface area (Å²) >= 11 is 0. The highest BCUT2D eigenvalue weighted by Crippen LogP contribution is 2.49. The van der Waals surface area contributed by atoms with Gasteiger partial charge in [-0.25, -0.2) is 4.79 Å². The molecule has 0 aliphatic carbocycles. The van der Waals surface area contributed by atoms with Gasteiger partial charge in [0.1, 0.15) is 5.60 Å². The Balaban J connectivity index is 2.00. The molecule has 2 aromatic rings. The predicted octanol–water partition coefficient (Wildman–Crippen LogP) is 2.36. The molecule has 1 fully saturated rings. The Kier molecular flexibility index (Phi) is 2.64. The third-order valence-electron chi connectivity index (χ3n) is 3.74. The van der Waals surface area contributed by atoms with Gasteiger partial charge in [0.05, 0.1) is 6.61 Å². The number of ether oxygens (including phenoxy) is 2. The second-order valence-electron chi connectivity index (χ2n) is 5.03. The second-order valence-corrected chi connectivity index (χ2v) is 5.03. The van der Waals surface area contributed by atoms with E-state index in [0.29, 0.717) is 6.61 Å². The molecule has 1 saturated heterocycles. The van der Waals surface area contributed by atoms with E-state index in [0.717, 1.165) is 16.5 Å². The van der Waals surface area contributed by atoms with Crippen molar-refractivity contribution in [2.45, 2.75) is 25.6 Å². The number of carbonyl (C=O) groups is 1. The maximum Gasteiger partial charge on any atom is 0.338 e. The molecule has 0 spiro atoms. The minimum absolute atomic E-state index is 0.280. The lowest BCUT2D eigenvalue weighted by atomic mass is 9.97. The van der Waals surface area contributed by atoms with Gasteiger partial charge in [0.2, 0.25) is 0 Å². The fourth-order valence-corrected chi connectivity index (χ4v) is 2.64. The number of para-hydroxylation sites is 1. The van der Waals surface area contributed by atoms with Crippen LogP contribution in [-0.2, 0) is 26.9 Å². The lowest BCUT2D eigenvalue weighted by molar-refractivity contribution is -0.144. The highest BCUT2D eigenvalue weighted by Gasteiger charge is 2.60. The minimum Gasteiger partial charge on any atom is -0.464 e. The van der Waals surface area contributed by atoms with Crippen molar-refractivity contribution < 1.29 is 14.3 Å². The summed E-state index contributed by atoms with van der Waals surface area (Å²) in [7, 11) is 2.00. The Labute approximate surface area is 111 Å². The van der Waals surface area contributed by atoms with Crippen LogP contribution in [0.25, 0.3) is 10.9 Å². The van der Waals surface area contributed by atoms with Crippen LogP contribution in [0.3, 0.4) is 0 Å². The Morgan fingerprint density at radius 1 is 1.47 bits per heavy atom. The zero-order valence-corrected chi connectivity index (χ0v) is 11.3. The summed E-state index contributed by atoms with van der Waals surface area (Å²) in [6, 6.07) is 8.12. The highest BCUT2D eigenvalue weighted by molar-refractivity contribution is 5.88. The lowest BCUT2D eigenvalue weighted by Crippen LogP contribution is -2.18. The molecule has 4 nitrogen and oxygen atoms in total. The summed E-state index contributed by atoms with van der Waals surface area (Å²) in [5, 5.41) is 1.12. The molecule has 100 valence electrons. The molecule has 1 aliphatic rings. The molecular formula is C15H17NO3. The normalized spacial score (nSPS) is 25.5. The number of esters is 1. The van der Waals surface area contributed by atoms with Crippen LogP contribution in [0.5, 0.6) is 0 Å². The molecule has 3 rings (SSSR count). The van der Waals surface area contributed by atoms with E-state index < -0.39 is 11.7 Å². The summed E-state index contributed by atoms with van der Waals surface area (Å²) in [4.78, 5) is 11.8. The van der Waals surface area contributed by atoms with Crippen molar-refractivity contribution in [1.82, 2.24) is 4.57 Å². The Hall–Kier alpha value is -1.81. The maximum atomic E-state index is 11.8. The third kappa shape index (κ3) is 1.75. The molecule has 4 heteroatoms. The fraction of sp³-hybridized carbons (Fsp3) is 0.400. The number of hydrogen-bond acceptors (Lipinski definition) is 3. The molecule has 19 heavy (non-hydrogen) atoms. The first kappa shape index (κ1) is 12.2. The maximum absolute atomic E-state index is 11.8. The van der Waals surface area contributed by atoms with Gasteiger partial charge in [0.15, 0.2) is 6.10 Å². The van der Waals surface area contributed by atoms with Crippen molar-refractivity contribution in [3.8, 4) is 0 Å². The van der Waals surface area contributed by atoms with E-state index in [1.54, 1.807) is 6.92 Å². The molecule has 2 atom stereocenters. The van der Waals surface area contributed by atoms with Gasteiger partial charge in [0.25, 0.3) is 0 Å². The number of fused-ring (bicyclic) bond motifs is 1. The number of rotatable bonds is 3. The monoisotopic (exact) mass is 259 g/mol. The average molecular weight is 259 g/mol. The van der Waals surface area contributed by atoms with Crippen LogP contribution in [-0.4, -0.2) is 23.2 Å². The second kappa shape index (κ2) is 4.10. The van der Waals surface area contributed by atoms with Gasteiger partial charge in [-0.15, -0.1) is 0 Å². The Bertz CT molecular complexity index is 646. The number of hydrogen-bond donors (Lipinski definition) is 0. The Morgan fingerprint density at radius 2 is 2.21 bits per heavy atom. The summed E-state index contributed by atoms with van der Waals surface area (Å²) in [6.07, 6.45) is 1.54. The fourth-order valence-electron chi connectivity index (χ4n) is 2.64. The Morgan fingerprint density at radius 3 is 2.95 bits per heavy atom. The molecule has 0 amide bonds. The topological polar surface area (TPSA) is 43.8 Å². The van der Waals surface area contributed by atoms with E-state index in [9.17, 15) is 4.79 Å². The number of nitrogens with zero attached hydrogens (tertiary/aromatic N) is 1. The first-order valence-electron chi connectivity index (χ1n) is 6.47. The minimum atomic E-state index is -0.562. The van der Waals surface area contributed by atoms with Gasteiger partial charge in [-0.05, 0) is 19.9 Å². The first-order valence-corrected chi connectivity index (χ1v) is 6.47. The van der Waals surface area contributed by atoms with E-state index >= 15 is 0 Å². The van der Waals surface area contributed by atoms with Crippen LogP contribution < -0.4 is 0 Å². The van der Waals surface area contributed by atoms with Crippen LogP contribution in [0.2, 0.25) is 0 Å². The standard InChI is InChI=1S/C15H17NO3/c1-4-18-14(17)13-15(2,19-13)11-9-16(3)12-8-6-5-7-10(11)12/h5-9,13H,4H2,1-3H3. The zero-order chi connectivity index (χ0) is 13.6. The molecule has 1 aliphatic heterocycles. The molecule has 0 N–H and O–H groups in total. The number of aromatic nitrogens is 1. The number of benzene rings is 1. The molecule has 0 radical (unpaired) electrons. The lowest BCUT2D eigenvalue weighted by Gasteiger charge is -2.04. The van der Waals surface area contributed by atoms with Gasteiger partial charge >= 0.3 is 5.97 Å². The van der Waals surface area contributed by atoms with Gasteiger partial charge in [-0.3, -0.25) is 0 Å². The SMILES string of the molecule is CCOC(=O)C1OC1(C)c1cn(C)c2ccccc12. The molecular weight excluding hydrogens is 242 g/mol. The molecule has 0 saturated carbocycles.